The Balaban J connectivity index is 2.60. The third kappa shape index (κ3) is 4.42. The monoisotopic (exact) mass is 206 g/mol. The summed E-state index contributed by atoms with van der Waals surface area (Å²) in [5.41, 5.74) is 1.80. The van der Waals surface area contributed by atoms with Crippen molar-refractivity contribution >= 4 is 12.0 Å². The summed E-state index contributed by atoms with van der Waals surface area (Å²) in [6.45, 7) is 0.146. The molecule has 0 bridgehead atoms. The maximum Gasteiger partial charge on any atom is 0.307 e. The highest BCUT2D eigenvalue weighted by Crippen LogP contribution is 2.07. The number of aliphatic hydroxyl groups excluding tert-OH is 1. The van der Waals surface area contributed by atoms with Gasteiger partial charge < -0.3 is 10.2 Å². The predicted octanol–water partition coefficient (Wildman–Crippen LogP) is 1.71. The van der Waals surface area contributed by atoms with Crippen LogP contribution < -0.4 is 0 Å². The Morgan fingerprint density at radius 3 is 2.47 bits per heavy atom. The Morgan fingerprint density at radius 2 is 1.93 bits per heavy atom. The molecule has 0 fully saturated rings. The van der Waals surface area contributed by atoms with Gasteiger partial charge in [0.1, 0.15) is 0 Å². The fraction of sp³-hybridized carbons (Fsp3) is 0.250. The smallest absolute Gasteiger partial charge is 0.307 e. The molecule has 0 aliphatic heterocycles. The summed E-state index contributed by atoms with van der Waals surface area (Å²) in [7, 11) is 0. The zero-order valence-corrected chi connectivity index (χ0v) is 8.39. The molecular formula is C12H14O3. The van der Waals surface area contributed by atoms with Crippen molar-refractivity contribution in [3.05, 3.63) is 41.5 Å². The van der Waals surface area contributed by atoms with Gasteiger partial charge >= 0.3 is 5.97 Å². The molecule has 0 aromatic heterocycles. The zero-order valence-electron chi connectivity index (χ0n) is 8.39. The normalized spacial score (nSPS) is 10.7. The summed E-state index contributed by atoms with van der Waals surface area (Å²) in [4.78, 5) is 10.4. The second-order valence-electron chi connectivity index (χ2n) is 3.23. The molecule has 0 saturated heterocycles. The number of benzene rings is 1. The van der Waals surface area contributed by atoms with Gasteiger partial charge in [0.15, 0.2) is 0 Å². The summed E-state index contributed by atoms with van der Waals surface area (Å²) in [5, 5.41) is 17.1. The molecule has 3 heteroatoms. The van der Waals surface area contributed by atoms with Crippen LogP contribution in [0.25, 0.3) is 6.08 Å². The lowest BCUT2D eigenvalue weighted by Gasteiger charge is -1.97. The van der Waals surface area contributed by atoms with Crippen LogP contribution in [0.5, 0.6) is 0 Å². The largest absolute Gasteiger partial charge is 0.481 e. The third-order valence-electron chi connectivity index (χ3n) is 1.94. The Labute approximate surface area is 88.7 Å². The van der Waals surface area contributed by atoms with E-state index in [1.807, 2.05) is 24.3 Å². The molecule has 0 saturated carbocycles. The van der Waals surface area contributed by atoms with Crippen molar-refractivity contribution in [2.75, 3.05) is 6.61 Å². The fourth-order valence-electron chi connectivity index (χ4n) is 1.22. The molecule has 15 heavy (non-hydrogen) atoms. The quantitative estimate of drug-likeness (QED) is 0.771. The van der Waals surface area contributed by atoms with Gasteiger partial charge in [0.25, 0.3) is 0 Å². The van der Waals surface area contributed by atoms with E-state index in [-0.39, 0.29) is 13.0 Å². The van der Waals surface area contributed by atoms with E-state index in [2.05, 4.69) is 0 Å². The van der Waals surface area contributed by atoms with Crippen LogP contribution in [0.4, 0.5) is 0 Å². The number of carboxylic acids is 1. The second kappa shape index (κ2) is 5.98. The molecule has 0 aliphatic rings. The van der Waals surface area contributed by atoms with Crippen molar-refractivity contribution in [2.24, 2.45) is 0 Å². The molecule has 0 unspecified atom stereocenters. The second-order valence-corrected chi connectivity index (χ2v) is 3.23. The first-order valence-electron chi connectivity index (χ1n) is 4.80. The van der Waals surface area contributed by atoms with Gasteiger partial charge in [0, 0.05) is 6.61 Å². The van der Waals surface area contributed by atoms with Crippen molar-refractivity contribution in [2.45, 2.75) is 12.8 Å². The molecule has 0 atom stereocenters. The van der Waals surface area contributed by atoms with E-state index >= 15 is 0 Å². The Kier molecular flexibility index (Phi) is 4.57. The molecule has 1 aromatic carbocycles. The van der Waals surface area contributed by atoms with Crippen molar-refractivity contribution in [1.29, 1.82) is 0 Å². The average molecular weight is 206 g/mol. The molecule has 2 N–H and O–H groups in total. The molecule has 80 valence electrons. The van der Waals surface area contributed by atoms with E-state index in [1.54, 1.807) is 12.1 Å². The number of hydrogen-bond donors (Lipinski definition) is 2. The van der Waals surface area contributed by atoms with Crippen molar-refractivity contribution in [3.63, 3.8) is 0 Å². The lowest BCUT2D eigenvalue weighted by molar-refractivity contribution is -0.136. The maximum atomic E-state index is 10.4. The van der Waals surface area contributed by atoms with Gasteiger partial charge in [-0.1, -0.05) is 36.4 Å². The summed E-state index contributed by atoms with van der Waals surface area (Å²) in [6.07, 6.45) is 4.48. The Bertz CT molecular complexity index is 338. The highest BCUT2D eigenvalue weighted by atomic mass is 16.4. The highest BCUT2D eigenvalue weighted by Gasteiger charge is 1.98. The molecule has 0 aliphatic carbocycles. The van der Waals surface area contributed by atoms with Crippen LogP contribution in [0, 0.1) is 0 Å². The lowest BCUT2D eigenvalue weighted by Crippen LogP contribution is -1.99. The van der Waals surface area contributed by atoms with E-state index < -0.39 is 5.97 Å². The van der Waals surface area contributed by atoms with Gasteiger partial charge in [0.05, 0.1) is 6.42 Å². The first-order valence-corrected chi connectivity index (χ1v) is 4.80. The van der Waals surface area contributed by atoms with E-state index in [1.165, 1.54) is 0 Å². The van der Waals surface area contributed by atoms with Gasteiger partial charge in [-0.2, -0.15) is 0 Å². The molecule has 0 spiro atoms. The fourth-order valence-corrected chi connectivity index (χ4v) is 1.22. The minimum atomic E-state index is -0.821. The molecule has 0 radical (unpaired) electrons. The van der Waals surface area contributed by atoms with Crippen LogP contribution in [0.1, 0.15) is 17.5 Å². The number of aliphatic carboxylic acids is 1. The van der Waals surface area contributed by atoms with Crippen LogP contribution in [-0.2, 0) is 11.2 Å². The third-order valence-corrected chi connectivity index (χ3v) is 1.94. The van der Waals surface area contributed by atoms with Crippen molar-refractivity contribution in [3.8, 4) is 0 Å². The Hall–Kier alpha value is -1.61. The molecule has 1 rings (SSSR count). The number of hydrogen-bond acceptors (Lipinski definition) is 2. The molecule has 3 nitrogen and oxygen atoms in total. The summed E-state index contributed by atoms with van der Waals surface area (Å²) in [6, 6.07) is 7.33. The van der Waals surface area contributed by atoms with Crippen molar-refractivity contribution in [1.82, 2.24) is 0 Å². The minimum Gasteiger partial charge on any atom is -0.481 e. The van der Waals surface area contributed by atoms with Crippen LogP contribution in [0.2, 0.25) is 0 Å². The summed E-state index contributed by atoms with van der Waals surface area (Å²) in [5.74, 6) is -0.821. The van der Waals surface area contributed by atoms with E-state index in [0.29, 0.717) is 6.42 Å². The van der Waals surface area contributed by atoms with E-state index in [0.717, 1.165) is 11.1 Å². The van der Waals surface area contributed by atoms with E-state index in [4.69, 9.17) is 10.2 Å². The van der Waals surface area contributed by atoms with Gasteiger partial charge in [-0.15, -0.1) is 0 Å². The van der Waals surface area contributed by atoms with Crippen LogP contribution in [0.3, 0.4) is 0 Å². The zero-order chi connectivity index (χ0) is 11.1. The van der Waals surface area contributed by atoms with Gasteiger partial charge in [0.2, 0.25) is 0 Å². The van der Waals surface area contributed by atoms with Gasteiger partial charge in [-0.05, 0) is 17.5 Å². The minimum absolute atomic E-state index is 0.0562. The van der Waals surface area contributed by atoms with Crippen LogP contribution >= 0.6 is 0 Å². The average Bonchev–Trinajstić information content (AvgIpc) is 2.20. The molecular weight excluding hydrogens is 192 g/mol. The lowest BCUT2D eigenvalue weighted by atomic mass is 10.1. The first kappa shape index (κ1) is 11.5. The highest BCUT2D eigenvalue weighted by molar-refractivity contribution is 5.70. The van der Waals surface area contributed by atoms with E-state index in [9.17, 15) is 4.79 Å². The van der Waals surface area contributed by atoms with Crippen LogP contribution in [-0.4, -0.2) is 22.8 Å². The summed E-state index contributed by atoms with van der Waals surface area (Å²) >= 11 is 0. The molecule has 1 aromatic rings. The number of carboxylic acid groups (broad SMARTS) is 1. The number of rotatable bonds is 5. The summed E-state index contributed by atoms with van der Waals surface area (Å²) < 4.78 is 0. The number of aliphatic hydroxyl groups is 1. The Morgan fingerprint density at radius 1 is 1.27 bits per heavy atom. The standard InChI is InChI=1S/C12H14O3/c13-8-2-1-3-10-4-6-11(7-5-10)9-12(14)15/h1,3-7,13H,2,8-9H2,(H,14,15). The maximum absolute atomic E-state index is 10.4. The molecule has 0 amide bonds. The van der Waals surface area contributed by atoms with Crippen molar-refractivity contribution < 1.29 is 15.0 Å². The van der Waals surface area contributed by atoms with Crippen LogP contribution in [0.15, 0.2) is 30.3 Å². The first-order chi connectivity index (χ1) is 7.22. The molecule has 0 heterocycles. The predicted molar refractivity (Wildman–Crippen MR) is 58.5 cm³/mol. The van der Waals surface area contributed by atoms with Gasteiger partial charge in [-0.3, -0.25) is 4.79 Å². The van der Waals surface area contributed by atoms with Gasteiger partial charge in [-0.25, -0.2) is 0 Å². The topological polar surface area (TPSA) is 57.5 Å². The number of carbonyl (C=O) groups is 1. The SMILES string of the molecule is O=C(O)Cc1ccc(C=CCCO)cc1.